The molecule has 5 nitrogen and oxygen atoms in total. The summed E-state index contributed by atoms with van der Waals surface area (Å²) in [6.07, 6.45) is 9.29. The van der Waals surface area contributed by atoms with Gasteiger partial charge in [0.15, 0.2) is 0 Å². The Morgan fingerprint density at radius 3 is 2.33 bits per heavy atom. The van der Waals surface area contributed by atoms with E-state index in [-0.39, 0.29) is 5.92 Å². The summed E-state index contributed by atoms with van der Waals surface area (Å²) in [6.45, 7) is 8.81. The van der Waals surface area contributed by atoms with Gasteiger partial charge in [-0.15, -0.1) is 0 Å². The molecule has 1 aliphatic rings. The fraction of sp³-hybridized carbons (Fsp3) is 0.500. The Labute approximate surface area is 161 Å². The second-order valence-corrected chi connectivity index (χ2v) is 7.24. The zero-order chi connectivity index (χ0) is 19.2. The van der Waals surface area contributed by atoms with Crippen LogP contribution in [-0.2, 0) is 17.9 Å². The highest BCUT2D eigenvalue weighted by molar-refractivity contribution is 5.77. The van der Waals surface area contributed by atoms with Crippen molar-refractivity contribution in [2.75, 3.05) is 19.6 Å². The molecule has 0 spiro atoms. The van der Waals surface area contributed by atoms with Crippen LogP contribution in [0.25, 0.3) is 5.57 Å². The highest BCUT2D eigenvalue weighted by Crippen LogP contribution is 2.26. The summed E-state index contributed by atoms with van der Waals surface area (Å²) in [5, 5.41) is 9.29. The van der Waals surface area contributed by atoms with Crippen molar-refractivity contribution < 1.29 is 9.90 Å². The fourth-order valence-electron chi connectivity index (χ4n) is 4.06. The SMILES string of the molecule is CCn1cccc1C(=CCCN1CCCC(C(=O)O)C1)c1cccn1CC. The first-order valence-corrected chi connectivity index (χ1v) is 10.1. The highest BCUT2D eigenvalue weighted by Gasteiger charge is 2.24. The summed E-state index contributed by atoms with van der Waals surface area (Å²) in [5.74, 6) is -0.866. The zero-order valence-corrected chi connectivity index (χ0v) is 16.5. The summed E-state index contributed by atoms with van der Waals surface area (Å²) in [4.78, 5) is 13.6. The topological polar surface area (TPSA) is 50.4 Å². The number of nitrogens with zero attached hydrogens (tertiary/aromatic N) is 3. The molecule has 0 aliphatic carbocycles. The number of piperidine rings is 1. The van der Waals surface area contributed by atoms with E-state index in [1.54, 1.807) is 0 Å². The molecule has 3 rings (SSSR count). The number of carboxylic acid groups (broad SMARTS) is 1. The molecule has 2 aromatic rings. The normalized spacial score (nSPS) is 17.8. The Hall–Kier alpha value is -2.27. The van der Waals surface area contributed by atoms with Crippen LogP contribution in [0.4, 0.5) is 0 Å². The molecule has 1 N–H and O–H groups in total. The van der Waals surface area contributed by atoms with Crippen LogP contribution in [0.2, 0.25) is 0 Å². The fourth-order valence-corrected chi connectivity index (χ4v) is 4.06. The number of hydrogen-bond donors (Lipinski definition) is 1. The third-order valence-electron chi connectivity index (χ3n) is 5.54. The smallest absolute Gasteiger partial charge is 0.307 e. The molecule has 3 heterocycles. The standard InChI is InChI=1S/C22H31N3O2/c1-3-24-15-7-11-20(24)19(21-12-8-16-25(21)4-2)10-6-14-23-13-5-9-18(17-23)22(26)27/h7-8,10-12,15-16,18H,3-6,9,13-14,17H2,1-2H3,(H,26,27). The summed E-state index contributed by atoms with van der Waals surface area (Å²) in [6, 6.07) is 8.58. The van der Waals surface area contributed by atoms with E-state index in [4.69, 9.17) is 0 Å². The van der Waals surface area contributed by atoms with Crippen LogP contribution in [0.3, 0.4) is 0 Å². The van der Waals surface area contributed by atoms with Crippen molar-refractivity contribution in [3.8, 4) is 0 Å². The molecule has 0 amide bonds. The predicted molar refractivity (Wildman–Crippen MR) is 109 cm³/mol. The Morgan fingerprint density at radius 2 is 1.78 bits per heavy atom. The van der Waals surface area contributed by atoms with Gasteiger partial charge in [0.1, 0.15) is 0 Å². The number of carbonyl (C=O) groups is 1. The van der Waals surface area contributed by atoms with Crippen molar-refractivity contribution in [2.24, 2.45) is 5.92 Å². The summed E-state index contributed by atoms with van der Waals surface area (Å²) >= 11 is 0. The maximum Gasteiger partial charge on any atom is 0.307 e. The van der Waals surface area contributed by atoms with Gasteiger partial charge >= 0.3 is 5.97 Å². The van der Waals surface area contributed by atoms with E-state index < -0.39 is 5.97 Å². The van der Waals surface area contributed by atoms with Crippen molar-refractivity contribution in [2.45, 2.75) is 46.2 Å². The van der Waals surface area contributed by atoms with Gasteiger partial charge in [-0.05, 0) is 63.9 Å². The minimum absolute atomic E-state index is 0.211. The molecular formula is C22H31N3O2. The first-order valence-electron chi connectivity index (χ1n) is 10.1. The van der Waals surface area contributed by atoms with Crippen LogP contribution in [0, 0.1) is 5.92 Å². The maximum absolute atomic E-state index is 11.3. The number of rotatable bonds is 8. The number of hydrogen-bond acceptors (Lipinski definition) is 2. The highest BCUT2D eigenvalue weighted by atomic mass is 16.4. The molecule has 1 saturated heterocycles. The third-order valence-corrected chi connectivity index (χ3v) is 5.54. The average molecular weight is 370 g/mol. The second kappa shape index (κ2) is 9.09. The lowest BCUT2D eigenvalue weighted by Gasteiger charge is -2.30. The Balaban J connectivity index is 1.78. The van der Waals surface area contributed by atoms with Crippen LogP contribution in [-0.4, -0.2) is 44.7 Å². The van der Waals surface area contributed by atoms with Crippen molar-refractivity contribution in [3.63, 3.8) is 0 Å². The van der Waals surface area contributed by atoms with E-state index in [1.165, 1.54) is 17.0 Å². The van der Waals surface area contributed by atoms with E-state index in [1.807, 2.05) is 0 Å². The molecular weight excluding hydrogens is 338 g/mol. The van der Waals surface area contributed by atoms with Gasteiger partial charge in [0.25, 0.3) is 0 Å². The summed E-state index contributed by atoms with van der Waals surface area (Å²) in [5.41, 5.74) is 3.75. The molecule has 1 unspecified atom stereocenters. The van der Waals surface area contributed by atoms with Gasteiger partial charge in [0.2, 0.25) is 0 Å². The van der Waals surface area contributed by atoms with Crippen LogP contribution in [0.1, 0.15) is 44.5 Å². The molecule has 5 heteroatoms. The minimum atomic E-state index is -0.655. The number of aryl methyl sites for hydroxylation is 2. The number of aromatic nitrogens is 2. The molecule has 1 fully saturated rings. The first-order chi connectivity index (χ1) is 13.1. The largest absolute Gasteiger partial charge is 0.481 e. The number of carboxylic acids is 1. The van der Waals surface area contributed by atoms with Crippen molar-refractivity contribution >= 4 is 11.5 Å². The maximum atomic E-state index is 11.3. The molecule has 0 bridgehead atoms. The summed E-state index contributed by atoms with van der Waals surface area (Å²) in [7, 11) is 0. The van der Waals surface area contributed by atoms with Crippen LogP contribution in [0.5, 0.6) is 0 Å². The lowest BCUT2D eigenvalue weighted by Crippen LogP contribution is -2.39. The molecule has 146 valence electrons. The van der Waals surface area contributed by atoms with Crippen molar-refractivity contribution in [3.05, 3.63) is 54.1 Å². The van der Waals surface area contributed by atoms with Gasteiger partial charge in [-0.3, -0.25) is 4.79 Å². The molecule has 0 saturated carbocycles. The van der Waals surface area contributed by atoms with Gasteiger partial charge in [0, 0.05) is 55.5 Å². The van der Waals surface area contributed by atoms with Crippen molar-refractivity contribution in [1.82, 2.24) is 14.0 Å². The predicted octanol–water partition coefficient (Wildman–Crippen LogP) is 3.95. The molecule has 0 aromatic carbocycles. The minimum Gasteiger partial charge on any atom is -0.481 e. The van der Waals surface area contributed by atoms with Gasteiger partial charge in [0.05, 0.1) is 5.92 Å². The molecule has 1 aliphatic heterocycles. The Kier molecular flexibility index (Phi) is 6.56. The van der Waals surface area contributed by atoms with Gasteiger partial charge in [-0.2, -0.15) is 0 Å². The third kappa shape index (κ3) is 4.53. The second-order valence-electron chi connectivity index (χ2n) is 7.24. The zero-order valence-electron chi connectivity index (χ0n) is 16.5. The molecule has 2 aromatic heterocycles. The van der Waals surface area contributed by atoms with Gasteiger partial charge in [-0.1, -0.05) is 6.08 Å². The van der Waals surface area contributed by atoms with Crippen LogP contribution < -0.4 is 0 Å². The van der Waals surface area contributed by atoms with Crippen LogP contribution in [0.15, 0.2) is 42.7 Å². The van der Waals surface area contributed by atoms with Gasteiger partial charge in [-0.25, -0.2) is 0 Å². The average Bonchev–Trinajstić information content (AvgIpc) is 3.34. The monoisotopic (exact) mass is 369 g/mol. The molecule has 0 radical (unpaired) electrons. The molecule has 1 atom stereocenters. The van der Waals surface area contributed by atoms with E-state index >= 15 is 0 Å². The quantitative estimate of drug-likeness (QED) is 0.766. The number of likely N-dealkylation sites (tertiary alicyclic amines) is 1. The van der Waals surface area contributed by atoms with E-state index in [0.717, 1.165) is 45.4 Å². The summed E-state index contributed by atoms with van der Waals surface area (Å²) < 4.78 is 4.56. The van der Waals surface area contributed by atoms with E-state index in [9.17, 15) is 9.90 Å². The van der Waals surface area contributed by atoms with Crippen molar-refractivity contribution in [1.29, 1.82) is 0 Å². The van der Waals surface area contributed by atoms with Crippen LogP contribution >= 0.6 is 0 Å². The Morgan fingerprint density at radius 1 is 1.15 bits per heavy atom. The van der Waals surface area contributed by atoms with Gasteiger partial charge < -0.3 is 19.1 Å². The number of aliphatic carboxylic acids is 1. The Bertz CT molecular complexity index is 743. The molecule has 27 heavy (non-hydrogen) atoms. The van der Waals surface area contributed by atoms with E-state index in [2.05, 4.69) is 70.6 Å². The lowest BCUT2D eigenvalue weighted by atomic mass is 9.98. The lowest BCUT2D eigenvalue weighted by molar-refractivity contribution is -0.143. The first kappa shape index (κ1) is 19.5. The van der Waals surface area contributed by atoms with E-state index in [0.29, 0.717) is 6.54 Å².